The summed E-state index contributed by atoms with van der Waals surface area (Å²) in [5, 5.41) is 11.9. The maximum absolute atomic E-state index is 12.1. The Kier molecular flexibility index (Phi) is 3.97. The minimum atomic E-state index is -0.858. The minimum absolute atomic E-state index is 0.173. The number of carbonyl (C=O) groups excluding carboxylic acids is 1. The Morgan fingerprint density at radius 2 is 1.67 bits per heavy atom. The maximum Gasteiger partial charge on any atom is 0.307 e. The number of hydrogen-bond acceptors (Lipinski definition) is 2. The second-order valence-corrected chi connectivity index (χ2v) is 4.69. The molecular formula is C14H17NO3. The smallest absolute Gasteiger partial charge is 0.307 e. The van der Waals surface area contributed by atoms with Crippen molar-refractivity contribution in [2.45, 2.75) is 25.7 Å². The van der Waals surface area contributed by atoms with Crippen LogP contribution in [0.4, 0.5) is 5.69 Å². The van der Waals surface area contributed by atoms with Gasteiger partial charge in [0.1, 0.15) is 0 Å². The van der Waals surface area contributed by atoms with Crippen LogP contribution in [0.5, 0.6) is 0 Å². The van der Waals surface area contributed by atoms with Gasteiger partial charge in [-0.3, -0.25) is 9.59 Å². The summed E-state index contributed by atoms with van der Waals surface area (Å²) >= 11 is 0. The van der Waals surface area contributed by atoms with Crippen molar-refractivity contribution in [1.29, 1.82) is 0 Å². The van der Waals surface area contributed by atoms with Crippen LogP contribution in [0.1, 0.15) is 25.7 Å². The van der Waals surface area contributed by atoms with E-state index >= 15 is 0 Å². The Labute approximate surface area is 106 Å². The van der Waals surface area contributed by atoms with Crippen molar-refractivity contribution in [2.24, 2.45) is 11.8 Å². The van der Waals surface area contributed by atoms with Crippen molar-refractivity contribution in [3.8, 4) is 0 Å². The number of rotatable bonds is 3. The summed E-state index contributed by atoms with van der Waals surface area (Å²) in [4.78, 5) is 23.2. The second kappa shape index (κ2) is 5.67. The van der Waals surface area contributed by atoms with E-state index in [1.54, 1.807) is 12.1 Å². The molecule has 1 aliphatic carbocycles. The summed E-state index contributed by atoms with van der Waals surface area (Å²) in [7, 11) is 0. The molecule has 1 aromatic rings. The zero-order valence-corrected chi connectivity index (χ0v) is 10.1. The van der Waals surface area contributed by atoms with Gasteiger partial charge in [0.05, 0.1) is 11.8 Å². The molecule has 0 aliphatic heterocycles. The maximum atomic E-state index is 12.1. The van der Waals surface area contributed by atoms with E-state index in [2.05, 4.69) is 5.32 Å². The topological polar surface area (TPSA) is 66.4 Å². The molecule has 1 amide bonds. The van der Waals surface area contributed by atoms with Crippen LogP contribution in [0.3, 0.4) is 0 Å². The molecule has 2 N–H and O–H groups in total. The summed E-state index contributed by atoms with van der Waals surface area (Å²) in [6.07, 6.45) is 3.08. The molecule has 2 atom stereocenters. The number of amides is 1. The fourth-order valence-corrected chi connectivity index (χ4v) is 2.50. The third kappa shape index (κ3) is 2.88. The van der Waals surface area contributed by atoms with Gasteiger partial charge in [-0.15, -0.1) is 0 Å². The monoisotopic (exact) mass is 247 g/mol. The van der Waals surface area contributed by atoms with Gasteiger partial charge >= 0.3 is 5.97 Å². The zero-order valence-electron chi connectivity index (χ0n) is 10.1. The van der Waals surface area contributed by atoms with Gasteiger partial charge in [0.2, 0.25) is 5.91 Å². The van der Waals surface area contributed by atoms with Gasteiger partial charge in [0.15, 0.2) is 0 Å². The molecule has 1 fully saturated rings. The SMILES string of the molecule is O=C(Nc1ccccc1)[C@H]1CCCC[C@H]1C(=O)O. The highest BCUT2D eigenvalue weighted by Gasteiger charge is 2.35. The first kappa shape index (κ1) is 12.6. The number of para-hydroxylation sites is 1. The number of nitrogens with one attached hydrogen (secondary N) is 1. The highest BCUT2D eigenvalue weighted by Crippen LogP contribution is 2.31. The molecular weight excluding hydrogens is 230 g/mol. The lowest BCUT2D eigenvalue weighted by Crippen LogP contribution is -2.36. The fourth-order valence-electron chi connectivity index (χ4n) is 2.50. The summed E-state index contributed by atoms with van der Waals surface area (Å²) in [6.45, 7) is 0. The average molecular weight is 247 g/mol. The number of anilines is 1. The molecule has 0 bridgehead atoms. The van der Waals surface area contributed by atoms with E-state index in [1.165, 1.54) is 0 Å². The first-order valence-corrected chi connectivity index (χ1v) is 6.27. The third-order valence-electron chi connectivity index (χ3n) is 3.46. The van der Waals surface area contributed by atoms with Crippen molar-refractivity contribution in [3.05, 3.63) is 30.3 Å². The molecule has 0 aromatic heterocycles. The number of hydrogen-bond donors (Lipinski definition) is 2. The van der Waals surface area contributed by atoms with E-state index in [4.69, 9.17) is 5.11 Å². The van der Waals surface area contributed by atoms with E-state index in [-0.39, 0.29) is 5.91 Å². The Morgan fingerprint density at radius 3 is 2.28 bits per heavy atom. The molecule has 2 rings (SSSR count). The first-order chi connectivity index (χ1) is 8.68. The van der Waals surface area contributed by atoms with Crippen LogP contribution < -0.4 is 5.32 Å². The summed E-state index contributed by atoms with van der Waals surface area (Å²) in [5.41, 5.74) is 0.720. The van der Waals surface area contributed by atoms with E-state index in [1.807, 2.05) is 18.2 Å². The van der Waals surface area contributed by atoms with Gasteiger partial charge in [0.25, 0.3) is 0 Å². The van der Waals surface area contributed by atoms with Crippen molar-refractivity contribution < 1.29 is 14.7 Å². The van der Waals surface area contributed by atoms with Gasteiger partial charge in [-0.25, -0.2) is 0 Å². The Balaban J connectivity index is 2.05. The van der Waals surface area contributed by atoms with Crippen LogP contribution in [0.15, 0.2) is 30.3 Å². The summed E-state index contributed by atoms with van der Waals surface area (Å²) in [6, 6.07) is 9.15. The number of aliphatic carboxylic acids is 1. The number of benzene rings is 1. The van der Waals surface area contributed by atoms with Crippen molar-refractivity contribution >= 4 is 17.6 Å². The molecule has 0 radical (unpaired) electrons. The largest absolute Gasteiger partial charge is 0.481 e. The van der Waals surface area contributed by atoms with Crippen LogP contribution in [0, 0.1) is 11.8 Å². The number of carboxylic acid groups (broad SMARTS) is 1. The molecule has 1 aromatic carbocycles. The molecule has 0 saturated heterocycles. The zero-order chi connectivity index (χ0) is 13.0. The van der Waals surface area contributed by atoms with E-state index < -0.39 is 17.8 Å². The lowest BCUT2D eigenvalue weighted by molar-refractivity contribution is -0.147. The standard InChI is InChI=1S/C14H17NO3/c16-13(15-10-6-2-1-3-7-10)11-8-4-5-9-12(11)14(17)18/h1-3,6-7,11-12H,4-5,8-9H2,(H,15,16)(H,17,18)/t11-,12+/m0/s1. The van der Waals surface area contributed by atoms with Crippen LogP contribution in [0.25, 0.3) is 0 Å². The van der Waals surface area contributed by atoms with Gasteiger partial charge < -0.3 is 10.4 Å². The van der Waals surface area contributed by atoms with E-state index in [9.17, 15) is 9.59 Å². The molecule has 0 unspecified atom stereocenters. The Hall–Kier alpha value is -1.84. The van der Waals surface area contributed by atoms with Gasteiger partial charge in [-0.05, 0) is 25.0 Å². The molecule has 18 heavy (non-hydrogen) atoms. The molecule has 4 heteroatoms. The van der Waals surface area contributed by atoms with Crippen LogP contribution >= 0.6 is 0 Å². The molecule has 1 aliphatic rings. The molecule has 4 nitrogen and oxygen atoms in total. The minimum Gasteiger partial charge on any atom is -0.481 e. The third-order valence-corrected chi connectivity index (χ3v) is 3.46. The summed E-state index contributed by atoms with van der Waals surface area (Å²) < 4.78 is 0. The molecule has 1 saturated carbocycles. The molecule has 0 spiro atoms. The fraction of sp³-hybridized carbons (Fsp3) is 0.429. The highest BCUT2D eigenvalue weighted by molar-refractivity contribution is 5.95. The molecule has 96 valence electrons. The number of carbonyl (C=O) groups is 2. The Bertz CT molecular complexity index is 430. The van der Waals surface area contributed by atoms with Crippen LogP contribution in [-0.4, -0.2) is 17.0 Å². The second-order valence-electron chi connectivity index (χ2n) is 4.69. The van der Waals surface area contributed by atoms with Gasteiger partial charge in [0, 0.05) is 5.69 Å². The van der Waals surface area contributed by atoms with Crippen molar-refractivity contribution in [3.63, 3.8) is 0 Å². The van der Waals surface area contributed by atoms with Gasteiger partial charge in [-0.1, -0.05) is 31.0 Å². The predicted molar refractivity (Wildman–Crippen MR) is 68.2 cm³/mol. The summed E-state index contributed by atoms with van der Waals surface area (Å²) in [5.74, 6) is -1.98. The van der Waals surface area contributed by atoms with Crippen LogP contribution in [0.2, 0.25) is 0 Å². The Morgan fingerprint density at radius 1 is 1.06 bits per heavy atom. The predicted octanol–water partition coefficient (Wildman–Crippen LogP) is 2.52. The normalized spacial score (nSPS) is 23.3. The van der Waals surface area contributed by atoms with Crippen molar-refractivity contribution in [1.82, 2.24) is 0 Å². The first-order valence-electron chi connectivity index (χ1n) is 6.27. The highest BCUT2D eigenvalue weighted by atomic mass is 16.4. The molecule has 0 heterocycles. The number of carboxylic acids is 1. The van der Waals surface area contributed by atoms with Crippen LogP contribution in [-0.2, 0) is 9.59 Å². The van der Waals surface area contributed by atoms with Gasteiger partial charge in [-0.2, -0.15) is 0 Å². The average Bonchev–Trinajstić information content (AvgIpc) is 2.40. The van der Waals surface area contributed by atoms with E-state index in [0.717, 1.165) is 18.5 Å². The van der Waals surface area contributed by atoms with Crippen molar-refractivity contribution in [2.75, 3.05) is 5.32 Å². The van der Waals surface area contributed by atoms with E-state index in [0.29, 0.717) is 12.8 Å². The lowest BCUT2D eigenvalue weighted by Gasteiger charge is -2.27. The lowest BCUT2D eigenvalue weighted by atomic mass is 9.78. The quantitative estimate of drug-likeness (QED) is 0.862.